The Balaban J connectivity index is 1.53. The average molecular weight is 625 g/mol. The van der Waals surface area contributed by atoms with Crippen molar-refractivity contribution in [1.29, 1.82) is 0 Å². The van der Waals surface area contributed by atoms with Gasteiger partial charge < -0.3 is 9.47 Å². The number of hydrogen-bond donors (Lipinski definition) is 0. The largest absolute Gasteiger partial charge is 0.488 e. The molecule has 0 saturated heterocycles. The lowest BCUT2D eigenvalue weighted by atomic mass is 9.96. The van der Waals surface area contributed by atoms with Gasteiger partial charge in [-0.1, -0.05) is 72.0 Å². The zero-order valence-electron chi connectivity index (χ0n) is 24.4. The van der Waals surface area contributed by atoms with E-state index < -0.39 is 12.0 Å². The number of fused-ring (bicyclic) bond motifs is 2. The summed E-state index contributed by atoms with van der Waals surface area (Å²) >= 11 is 2.86. The van der Waals surface area contributed by atoms with Crippen molar-refractivity contribution in [1.82, 2.24) is 4.57 Å². The summed E-state index contributed by atoms with van der Waals surface area (Å²) in [5, 5.41) is 1.86. The van der Waals surface area contributed by atoms with Gasteiger partial charge in [0, 0.05) is 16.0 Å². The number of hydrogen-bond acceptors (Lipinski definition) is 7. The second-order valence-electron chi connectivity index (χ2n) is 10.2. The van der Waals surface area contributed by atoms with Crippen molar-refractivity contribution in [2.24, 2.45) is 4.99 Å². The first-order valence-electron chi connectivity index (χ1n) is 14.1. The predicted octanol–water partition coefficient (Wildman–Crippen LogP) is 6.39. The number of nitrogens with zero attached hydrogens (tertiary/aromatic N) is 2. The molecule has 0 amide bonds. The topological polar surface area (TPSA) is 69.9 Å². The Morgan fingerprint density at radius 1 is 1.05 bits per heavy atom. The summed E-state index contributed by atoms with van der Waals surface area (Å²) in [7, 11) is 0. The van der Waals surface area contributed by atoms with Crippen LogP contribution in [-0.4, -0.2) is 23.4 Å². The molecule has 6 rings (SSSR count). The third kappa shape index (κ3) is 5.60. The van der Waals surface area contributed by atoms with E-state index in [-0.39, 0.29) is 24.6 Å². The van der Waals surface area contributed by atoms with E-state index in [0.717, 1.165) is 21.2 Å². The number of benzene rings is 4. The molecule has 6 nitrogen and oxygen atoms in total. The van der Waals surface area contributed by atoms with Crippen LogP contribution >= 0.6 is 23.1 Å². The lowest BCUT2D eigenvalue weighted by molar-refractivity contribution is -0.139. The fourth-order valence-corrected chi connectivity index (χ4v) is 6.78. The van der Waals surface area contributed by atoms with Crippen LogP contribution in [0, 0.1) is 5.82 Å². The Bertz CT molecular complexity index is 2100. The second kappa shape index (κ2) is 12.6. The highest BCUT2D eigenvalue weighted by Crippen LogP contribution is 2.33. The van der Waals surface area contributed by atoms with Crippen LogP contribution < -0.4 is 19.6 Å². The molecule has 0 unspecified atom stereocenters. The molecule has 4 aromatic carbocycles. The SMILES string of the molecule is CCOC(=O)C1=C(C)N=c2s/c(=C\c3c(OCc4ccccc4F)ccc4ccccc34)c(=O)n2[C@H]1c1ccc(SC)cc1. The van der Waals surface area contributed by atoms with Crippen molar-refractivity contribution in [2.75, 3.05) is 12.9 Å². The third-order valence-electron chi connectivity index (χ3n) is 7.50. The first kappa shape index (κ1) is 29.6. The number of halogens is 1. The number of aromatic nitrogens is 1. The number of ether oxygens (including phenoxy) is 2. The summed E-state index contributed by atoms with van der Waals surface area (Å²) in [6.45, 7) is 3.75. The van der Waals surface area contributed by atoms with Crippen LogP contribution in [0.3, 0.4) is 0 Å². The summed E-state index contributed by atoms with van der Waals surface area (Å²) in [6, 6.07) is 25.2. The van der Waals surface area contributed by atoms with E-state index in [1.54, 1.807) is 54.5 Å². The zero-order chi connectivity index (χ0) is 30.8. The Morgan fingerprint density at radius 3 is 2.55 bits per heavy atom. The molecule has 1 aliphatic heterocycles. The minimum Gasteiger partial charge on any atom is -0.488 e. The lowest BCUT2D eigenvalue weighted by Gasteiger charge is -2.24. The van der Waals surface area contributed by atoms with E-state index in [1.165, 1.54) is 17.4 Å². The maximum atomic E-state index is 14.4. The highest BCUT2D eigenvalue weighted by Gasteiger charge is 2.33. The van der Waals surface area contributed by atoms with Gasteiger partial charge in [0.1, 0.15) is 18.2 Å². The van der Waals surface area contributed by atoms with E-state index in [0.29, 0.717) is 37.5 Å². The van der Waals surface area contributed by atoms with Gasteiger partial charge in [-0.15, -0.1) is 11.8 Å². The predicted molar refractivity (Wildman–Crippen MR) is 173 cm³/mol. The number of carbonyl (C=O) groups is 1. The molecule has 0 aliphatic carbocycles. The molecular formula is C35H29FN2O4S2. The van der Waals surface area contributed by atoms with Crippen LogP contribution in [0.15, 0.2) is 111 Å². The Labute approximate surface area is 261 Å². The maximum Gasteiger partial charge on any atom is 0.338 e. The van der Waals surface area contributed by atoms with Crippen molar-refractivity contribution in [2.45, 2.75) is 31.4 Å². The van der Waals surface area contributed by atoms with Crippen molar-refractivity contribution >= 4 is 45.9 Å². The molecule has 0 bridgehead atoms. The molecule has 9 heteroatoms. The number of thioether (sulfide) groups is 1. The molecule has 0 N–H and O–H groups in total. The van der Waals surface area contributed by atoms with E-state index >= 15 is 0 Å². The molecule has 222 valence electrons. The number of allylic oxidation sites excluding steroid dienone is 1. The van der Waals surface area contributed by atoms with Crippen molar-refractivity contribution < 1.29 is 18.7 Å². The second-order valence-corrected chi connectivity index (χ2v) is 12.0. The van der Waals surface area contributed by atoms with Crippen LogP contribution in [0.5, 0.6) is 5.75 Å². The molecule has 44 heavy (non-hydrogen) atoms. The van der Waals surface area contributed by atoms with Crippen LogP contribution in [-0.2, 0) is 16.1 Å². The minimum atomic E-state index is -0.701. The molecule has 1 aromatic heterocycles. The molecule has 0 radical (unpaired) electrons. The molecular weight excluding hydrogens is 596 g/mol. The van der Waals surface area contributed by atoms with E-state index in [9.17, 15) is 14.0 Å². The van der Waals surface area contributed by atoms with Crippen LogP contribution in [0.1, 0.15) is 36.6 Å². The van der Waals surface area contributed by atoms with Gasteiger partial charge in [0.25, 0.3) is 5.56 Å². The van der Waals surface area contributed by atoms with Crippen LogP contribution in [0.2, 0.25) is 0 Å². The Kier molecular flexibility index (Phi) is 8.50. The molecule has 0 spiro atoms. The van der Waals surface area contributed by atoms with Gasteiger partial charge in [0.15, 0.2) is 4.80 Å². The van der Waals surface area contributed by atoms with Gasteiger partial charge in [-0.3, -0.25) is 9.36 Å². The summed E-state index contributed by atoms with van der Waals surface area (Å²) < 4.78 is 28.0. The quantitative estimate of drug-likeness (QED) is 0.148. The van der Waals surface area contributed by atoms with E-state index in [2.05, 4.69) is 0 Å². The molecule has 0 saturated carbocycles. The fourth-order valence-electron chi connectivity index (χ4n) is 5.35. The standard InChI is InChI=1S/C35H29FN2O4S2/c1-4-41-34(40)31-21(2)37-35-38(32(31)23-13-16-25(43-3)17-14-23)33(39)30(44-35)19-27-26-11-7-5-9-22(26)15-18-29(27)42-20-24-10-6-8-12-28(24)36/h5-19,32H,4,20H2,1-3H3/b30-19-/t32-/m0/s1. The number of thiazole rings is 1. The normalized spacial score (nSPS) is 14.8. The van der Waals surface area contributed by atoms with Gasteiger partial charge >= 0.3 is 5.97 Å². The average Bonchev–Trinajstić information content (AvgIpc) is 3.34. The number of carbonyl (C=O) groups excluding carboxylic acids is 1. The molecule has 1 atom stereocenters. The molecule has 2 heterocycles. The third-order valence-corrected chi connectivity index (χ3v) is 9.22. The van der Waals surface area contributed by atoms with Gasteiger partial charge in [-0.2, -0.15) is 0 Å². The maximum absolute atomic E-state index is 14.4. The Morgan fingerprint density at radius 2 is 1.80 bits per heavy atom. The van der Waals surface area contributed by atoms with Crippen molar-refractivity contribution in [3.05, 3.63) is 138 Å². The van der Waals surface area contributed by atoms with Gasteiger partial charge in [-0.05, 0) is 66.8 Å². The Hall–Kier alpha value is -4.47. The summed E-state index contributed by atoms with van der Waals surface area (Å²) in [4.78, 5) is 33.7. The zero-order valence-corrected chi connectivity index (χ0v) is 26.0. The number of rotatable bonds is 8. The molecule has 0 fully saturated rings. The minimum absolute atomic E-state index is 0.0290. The molecule has 1 aliphatic rings. The van der Waals surface area contributed by atoms with E-state index in [1.807, 2.05) is 66.9 Å². The van der Waals surface area contributed by atoms with Gasteiger partial charge in [-0.25, -0.2) is 14.2 Å². The van der Waals surface area contributed by atoms with Crippen molar-refractivity contribution in [3.8, 4) is 5.75 Å². The van der Waals surface area contributed by atoms with Crippen molar-refractivity contribution in [3.63, 3.8) is 0 Å². The van der Waals surface area contributed by atoms with Gasteiger partial charge in [0.2, 0.25) is 0 Å². The number of esters is 1. The smallest absolute Gasteiger partial charge is 0.338 e. The van der Waals surface area contributed by atoms with Gasteiger partial charge in [0.05, 0.1) is 28.5 Å². The fraction of sp³-hybridized carbons (Fsp3) is 0.171. The lowest BCUT2D eigenvalue weighted by Crippen LogP contribution is -2.39. The summed E-state index contributed by atoms with van der Waals surface area (Å²) in [5.74, 6) is -0.327. The van der Waals surface area contributed by atoms with Crippen LogP contribution in [0.25, 0.3) is 16.8 Å². The monoisotopic (exact) mass is 624 g/mol. The highest BCUT2D eigenvalue weighted by atomic mass is 32.2. The molecule has 5 aromatic rings. The van der Waals surface area contributed by atoms with E-state index in [4.69, 9.17) is 14.5 Å². The highest BCUT2D eigenvalue weighted by molar-refractivity contribution is 7.98. The summed E-state index contributed by atoms with van der Waals surface area (Å²) in [5.41, 5.74) is 2.48. The summed E-state index contributed by atoms with van der Waals surface area (Å²) in [6.07, 6.45) is 3.80. The first-order valence-corrected chi connectivity index (χ1v) is 16.1. The van der Waals surface area contributed by atoms with Crippen LogP contribution in [0.4, 0.5) is 4.39 Å². The first-order chi connectivity index (χ1) is 21.4.